The van der Waals surface area contributed by atoms with E-state index in [-0.39, 0.29) is 11.7 Å². The molecule has 1 amide bonds. The number of amides is 1. The van der Waals surface area contributed by atoms with E-state index in [4.69, 9.17) is 5.26 Å². The van der Waals surface area contributed by atoms with Gasteiger partial charge in [-0.3, -0.25) is 4.79 Å². The summed E-state index contributed by atoms with van der Waals surface area (Å²) >= 11 is 3.28. The van der Waals surface area contributed by atoms with Crippen LogP contribution in [0.4, 0.5) is 4.39 Å². The van der Waals surface area contributed by atoms with Crippen molar-refractivity contribution in [1.29, 1.82) is 5.26 Å². The Kier molecular flexibility index (Phi) is 4.49. The highest BCUT2D eigenvalue weighted by atomic mass is 79.9. The van der Waals surface area contributed by atoms with Gasteiger partial charge in [0.15, 0.2) is 0 Å². The van der Waals surface area contributed by atoms with E-state index >= 15 is 0 Å². The Morgan fingerprint density at radius 2 is 1.95 bits per heavy atom. The van der Waals surface area contributed by atoms with E-state index in [2.05, 4.69) is 21.2 Å². The second-order valence-corrected chi connectivity index (χ2v) is 5.01. The second-order valence-electron chi connectivity index (χ2n) is 4.10. The predicted octanol–water partition coefficient (Wildman–Crippen LogP) is 3.58. The van der Waals surface area contributed by atoms with Gasteiger partial charge in [-0.15, -0.1) is 0 Å². The van der Waals surface area contributed by atoms with Gasteiger partial charge in [0, 0.05) is 10.0 Å². The Morgan fingerprint density at radius 1 is 1.25 bits per heavy atom. The van der Waals surface area contributed by atoms with E-state index in [1.54, 1.807) is 24.3 Å². The molecule has 100 valence electrons. The molecule has 3 nitrogen and oxygen atoms in total. The molecule has 1 N–H and O–H groups in total. The molecule has 1 atom stereocenters. The highest BCUT2D eigenvalue weighted by molar-refractivity contribution is 9.10. The second kappa shape index (κ2) is 6.31. The third kappa shape index (κ3) is 3.43. The third-order valence-corrected chi connectivity index (χ3v) is 3.19. The van der Waals surface area contributed by atoms with Gasteiger partial charge in [0.25, 0.3) is 5.91 Å². The van der Waals surface area contributed by atoms with Crippen LogP contribution in [0.1, 0.15) is 22.0 Å². The molecule has 0 bridgehead atoms. The van der Waals surface area contributed by atoms with Gasteiger partial charge in [-0.1, -0.05) is 34.1 Å². The molecule has 2 rings (SSSR count). The lowest BCUT2D eigenvalue weighted by atomic mass is 10.1. The molecule has 0 radical (unpaired) electrons. The topological polar surface area (TPSA) is 52.9 Å². The molecule has 0 aliphatic carbocycles. The van der Waals surface area contributed by atoms with Crippen LogP contribution in [-0.4, -0.2) is 5.91 Å². The van der Waals surface area contributed by atoms with Crippen molar-refractivity contribution in [2.75, 3.05) is 0 Å². The van der Waals surface area contributed by atoms with Gasteiger partial charge < -0.3 is 5.32 Å². The van der Waals surface area contributed by atoms with E-state index in [0.29, 0.717) is 11.1 Å². The number of rotatable bonds is 3. The van der Waals surface area contributed by atoms with Crippen LogP contribution in [-0.2, 0) is 0 Å². The van der Waals surface area contributed by atoms with Crippen molar-refractivity contribution in [2.24, 2.45) is 0 Å². The van der Waals surface area contributed by atoms with Gasteiger partial charge in [0.2, 0.25) is 0 Å². The number of nitrogens with zero attached hydrogens (tertiary/aromatic N) is 1. The van der Waals surface area contributed by atoms with Crippen molar-refractivity contribution >= 4 is 21.8 Å². The van der Waals surface area contributed by atoms with E-state index < -0.39 is 6.04 Å². The molecule has 0 saturated carbocycles. The summed E-state index contributed by atoms with van der Waals surface area (Å²) in [5.41, 5.74) is 0.985. The lowest BCUT2D eigenvalue weighted by Gasteiger charge is -2.12. The number of carbonyl (C=O) groups excluding carboxylic acids is 1. The first-order valence-corrected chi connectivity index (χ1v) is 6.61. The van der Waals surface area contributed by atoms with Gasteiger partial charge in [0.05, 0.1) is 6.07 Å². The molecule has 0 spiro atoms. The number of nitrogens with one attached hydrogen (secondary N) is 1. The molecule has 20 heavy (non-hydrogen) atoms. The average Bonchev–Trinajstić information content (AvgIpc) is 2.45. The minimum atomic E-state index is -0.818. The fourth-order valence-electron chi connectivity index (χ4n) is 1.69. The van der Waals surface area contributed by atoms with Crippen LogP contribution in [0.2, 0.25) is 0 Å². The van der Waals surface area contributed by atoms with Crippen molar-refractivity contribution in [3.63, 3.8) is 0 Å². The lowest BCUT2D eigenvalue weighted by Crippen LogP contribution is -2.27. The third-order valence-electron chi connectivity index (χ3n) is 2.69. The maximum absolute atomic E-state index is 12.9. The summed E-state index contributed by atoms with van der Waals surface area (Å²) in [7, 11) is 0. The molecule has 0 aromatic heterocycles. The molecule has 0 fully saturated rings. The molecular weight excluding hydrogens is 323 g/mol. The van der Waals surface area contributed by atoms with E-state index in [9.17, 15) is 9.18 Å². The maximum atomic E-state index is 12.9. The number of benzene rings is 2. The summed E-state index contributed by atoms with van der Waals surface area (Å²) in [6, 6.07) is 13.5. The molecule has 0 saturated heterocycles. The Morgan fingerprint density at radius 3 is 2.55 bits per heavy atom. The first kappa shape index (κ1) is 14.2. The summed E-state index contributed by atoms with van der Waals surface area (Å²) in [4.78, 5) is 12.0. The normalized spacial score (nSPS) is 11.4. The number of halogens is 2. The molecule has 0 unspecified atom stereocenters. The highest BCUT2D eigenvalue weighted by Gasteiger charge is 2.15. The minimum absolute atomic E-state index is 0.359. The first-order chi connectivity index (χ1) is 9.60. The quantitative estimate of drug-likeness (QED) is 0.933. The van der Waals surface area contributed by atoms with Crippen molar-refractivity contribution in [3.8, 4) is 6.07 Å². The lowest BCUT2D eigenvalue weighted by molar-refractivity contribution is 0.0945. The zero-order valence-corrected chi connectivity index (χ0v) is 11.9. The standard InChI is InChI=1S/C15H10BrFN2O/c16-12-3-1-2-11(8-12)15(20)19-14(9-18)10-4-6-13(17)7-5-10/h1-8,14H,(H,19,20)/t14-/m0/s1. The van der Waals surface area contributed by atoms with Gasteiger partial charge in [0.1, 0.15) is 11.9 Å². The zero-order valence-electron chi connectivity index (χ0n) is 10.3. The van der Waals surface area contributed by atoms with Gasteiger partial charge >= 0.3 is 0 Å². The van der Waals surface area contributed by atoms with Crippen LogP contribution in [0.3, 0.4) is 0 Å². The summed E-state index contributed by atoms with van der Waals surface area (Å²) in [5, 5.41) is 11.7. The van der Waals surface area contributed by atoms with Crippen molar-refractivity contribution in [1.82, 2.24) is 5.32 Å². The van der Waals surface area contributed by atoms with Crippen LogP contribution in [0.15, 0.2) is 53.0 Å². The number of nitriles is 1. The molecule has 2 aromatic rings. The average molecular weight is 333 g/mol. The molecule has 0 aliphatic heterocycles. The molecule has 2 aromatic carbocycles. The maximum Gasteiger partial charge on any atom is 0.252 e. The number of hydrogen-bond acceptors (Lipinski definition) is 2. The molecule has 0 aliphatic rings. The van der Waals surface area contributed by atoms with E-state index in [1.807, 2.05) is 6.07 Å². The van der Waals surface area contributed by atoms with Gasteiger partial charge in [-0.05, 0) is 35.9 Å². The summed E-state index contributed by atoms with van der Waals surface area (Å²) in [6.07, 6.45) is 0. The molecular formula is C15H10BrFN2O. The Bertz CT molecular complexity index is 664. The smallest absolute Gasteiger partial charge is 0.252 e. The summed E-state index contributed by atoms with van der Waals surface area (Å²) < 4.78 is 13.6. The molecule has 5 heteroatoms. The SMILES string of the molecule is N#C[C@H](NC(=O)c1cccc(Br)c1)c1ccc(F)cc1. The van der Waals surface area contributed by atoms with E-state index in [1.165, 1.54) is 24.3 Å². The van der Waals surface area contributed by atoms with Crippen molar-refractivity contribution < 1.29 is 9.18 Å². The Labute approximate surface area is 124 Å². The number of carbonyl (C=O) groups is 1. The summed E-state index contributed by atoms with van der Waals surface area (Å²) in [5.74, 6) is -0.745. The predicted molar refractivity (Wildman–Crippen MR) is 76.4 cm³/mol. The fourth-order valence-corrected chi connectivity index (χ4v) is 2.09. The van der Waals surface area contributed by atoms with Crippen LogP contribution >= 0.6 is 15.9 Å². The monoisotopic (exact) mass is 332 g/mol. The zero-order chi connectivity index (χ0) is 14.5. The Balaban J connectivity index is 2.17. The van der Waals surface area contributed by atoms with Crippen LogP contribution in [0, 0.1) is 17.1 Å². The largest absolute Gasteiger partial charge is 0.333 e. The first-order valence-electron chi connectivity index (χ1n) is 5.81. The van der Waals surface area contributed by atoms with Crippen LogP contribution < -0.4 is 5.32 Å². The van der Waals surface area contributed by atoms with Crippen LogP contribution in [0.25, 0.3) is 0 Å². The molecule has 0 heterocycles. The van der Waals surface area contributed by atoms with Crippen molar-refractivity contribution in [3.05, 3.63) is 69.9 Å². The highest BCUT2D eigenvalue weighted by Crippen LogP contribution is 2.15. The number of hydrogen-bond donors (Lipinski definition) is 1. The van der Waals surface area contributed by atoms with Crippen molar-refractivity contribution in [2.45, 2.75) is 6.04 Å². The van der Waals surface area contributed by atoms with Gasteiger partial charge in [-0.2, -0.15) is 5.26 Å². The van der Waals surface area contributed by atoms with Crippen LogP contribution in [0.5, 0.6) is 0 Å². The Hall–Kier alpha value is -2.19. The van der Waals surface area contributed by atoms with E-state index in [0.717, 1.165) is 4.47 Å². The minimum Gasteiger partial charge on any atom is -0.333 e. The summed E-state index contributed by atoms with van der Waals surface area (Å²) in [6.45, 7) is 0. The fraction of sp³-hybridized carbons (Fsp3) is 0.0667. The van der Waals surface area contributed by atoms with Gasteiger partial charge in [-0.25, -0.2) is 4.39 Å².